The van der Waals surface area contributed by atoms with Crippen molar-refractivity contribution in [3.63, 3.8) is 0 Å². The molecule has 7 heteroatoms. The summed E-state index contributed by atoms with van der Waals surface area (Å²) in [5.41, 5.74) is 0.523. The first-order chi connectivity index (χ1) is 9.69. The molecule has 0 atom stereocenters. The van der Waals surface area contributed by atoms with Gasteiger partial charge in [0.05, 0.1) is 6.20 Å². The third-order valence-corrected chi connectivity index (χ3v) is 3.11. The molecule has 7 nitrogen and oxygen atoms in total. The number of imide groups is 1. The molecule has 1 N–H and O–H groups in total. The summed E-state index contributed by atoms with van der Waals surface area (Å²) in [4.78, 5) is 35.2. The fourth-order valence-electron chi connectivity index (χ4n) is 2.13. The standard InChI is InChI=1S/C13H10N4O3/c18-7-8-1-2-10-9(5-8)6-14-16-12(10)17-4-3-11(19)15-13(17)20/h1-2,5-7H,3-4H2,(H,15,19,20). The van der Waals surface area contributed by atoms with Crippen LogP contribution in [0, 0.1) is 0 Å². The van der Waals surface area contributed by atoms with Crippen molar-refractivity contribution in [3.05, 3.63) is 30.0 Å². The van der Waals surface area contributed by atoms with Gasteiger partial charge in [-0.2, -0.15) is 5.10 Å². The molecular weight excluding hydrogens is 260 g/mol. The molecule has 0 unspecified atom stereocenters. The molecule has 0 radical (unpaired) electrons. The molecule has 0 bridgehead atoms. The topological polar surface area (TPSA) is 92.3 Å². The molecule has 3 rings (SSSR count). The molecule has 3 amide bonds. The van der Waals surface area contributed by atoms with Crippen molar-refractivity contribution in [1.82, 2.24) is 15.5 Å². The second-order valence-corrected chi connectivity index (χ2v) is 4.39. The van der Waals surface area contributed by atoms with Crippen molar-refractivity contribution >= 4 is 34.8 Å². The number of benzene rings is 1. The zero-order valence-corrected chi connectivity index (χ0v) is 10.4. The molecule has 0 aliphatic carbocycles. The number of nitrogens with zero attached hydrogens (tertiary/aromatic N) is 3. The van der Waals surface area contributed by atoms with Gasteiger partial charge in [0.1, 0.15) is 6.29 Å². The summed E-state index contributed by atoms with van der Waals surface area (Å²) in [7, 11) is 0. The molecule has 2 heterocycles. The first-order valence-corrected chi connectivity index (χ1v) is 6.01. The number of hydrogen-bond donors (Lipinski definition) is 1. The van der Waals surface area contributed by atoms with Gasteiger partial charge in [-0.05, 0) is 12.1 Å². The van der Waals surface area contributed by atoms with E-state index in [1.807, 2.05) is 0 Å². The Bertz CT molecular complexity index is 729. The second-order valence-electron chi connectivity index (χ2n) is 4.39. The fourth-order valence-corrected chi connectivity index (χ4v) is 2.13. The van der Waals surface area contributed by atoms with E-state index in [1.54, 1.807) is 18.2 Å². The predicted molar refractivity (Wildman–Crippen MR) is 70.4 cm³/mol. The van der Waals surface area contributed by atoms with Crippen molar-refractivity contribution in [2.45, 2.75) is 6.42 Å². The lowest BCUT2D eigenvalue weighted by molar-refractivity contribution is -0.120. The number of aromatic nitrogens is 2. The Morgan fingerprint density at radius 1 is 1.30 bits per heavy atom. The van der Waals surface area contributed by atoms with Gasteiger partial charge in [0.15, 0.2) is 5.82 Å². The number of hydrogen-bond acceptors (Lipinski definition) is 5. The van der Waals surface area contributed by atoms with E-state index in [2.05, 4.69) is 15.5 Å². The Hall–Kier alpha value is -2.83. The lowest BCUT2D eigenvalue weighted by Gasteiger charge is -2.25. The number of rotatable bonds is 2. The van der Waals surface area contributed by atoms with Crippen LogP contribution < -0.4 is 10.2 Å². The Morgan fingerprint density at radius 3 is 2.90 bits per heavy atom. The average molecular weight is 270 g/mol. The van der Waals surface area contributed by atoms with Gasteiger partial charge >= 0.3 is 6.03 Å². The molecular formula is C13H10N4O3. The Balaban J connectivity index is 2.09. The third kappa shape index (κ3) is 1.99. The van der Waals surface area contributed by atoms with Crippen LogP contribution in [0.15, 0.2) is 24.4 Å². The van der Waals surface area contributed by atoms with E-state index < -0.39 is 6.03 Å². The molecule has 1 aliphatic rings. The highest BCUT2D eigenvalue weighted by Gasteiger charge is 2.26. The number of carbonyl (C=O) groups excluding carboxylic acids is 3. The summed E-state index contributed by atoms with van der Waals surface area (Å²) in [6.07, 6.45) is 2.49. The van der Waals surface area contributed by atoms with Gasteiger partial charge in [0.2, 0.25) is 5.91 Å². The van der Waals surface area contributed by atoms with Crippen LogP contribution in [0.4, 0.5) is 10.6 Å². The number of carbonyl (C=O) groups is 3. The van der Waals surface area contributed by atoms with Crippen LogP contribution in [-0.4, -0.2) is 35.0 Å². The highest BCUT2D eigenvalue weighted by Crippen LogP contribution is 2.25. The first-order valence-electron chi connectivity index (χ1n) is 6.01. The summed E-state index contributed by atoms with van der Waals surface area (Å²) >= 11 is 0. The van der Waals surface area contributed by atoms with Crippen molar-refractivity contribution in [3.8, 4) is 0 Å². The first kappa shape index (κ1) is 12.2. The molecule has 20 heavy (non-hydrogen) atoms. The van der Waals surface area contributed by atoms with Gasteiger partial charge < -0.3 is 0 Å². The molecule has 1 saturated heterocycles. The highest BCUT2D eigenvalue weighted by molar-refractivity contribution is 6.09. The van der Waals surface area contributed by atoms with Gasteiger partial charge in [0.25, 0.3) is 0 Å². The summed E-state index contributed by atoms with van der Waals surface area (Å²) in [6.45, 7) is 0.258. The molecule has 1 fully saturated rings. The van der Waals surface area contributed by atoms with E-state index >= 15 is 0 Å². The number of nitrogens with one attached hydrogen (secondary N) is 1. The summed E-state index contributed by atoms with van der Waals surface area (Å²) in [6, 6.07) is 4.52. The minimum Gasteiger partial charge on any atom is -0.298 e. The lowest BCUT2D eigenvalue weighted by Crippen LogP contribution is -2.50. The maximum atomic E-state index is 11.8. The molecule has 100 valence electrons. The van der Waals surface area contributed by atoms with E-state index in [0.717, 1.165) is 6.29 Å². The van der Waals surface area contributed by atoms with Crippen LogP contribution in [0.2, 0.25) is 0 Å². The average Bonchev–Trinajstić information content (AvgIpc) is 2.46. The SMILES string of the molecule is O=Cc1ccc2c(N3CCC(=O)NC3=O)nncc2c1. The molecule has 0 spiro atoms. The fraction of sp³-hybridized carbons (Fsp3) is 0.154. The van der Waals surface area contributed by atoms with Gasteiger partial charge in [-0.3, -0.25) is 19.8 Å². The van der Waals surface area contributed by atoms with Crippen LogP contribution in [0.25, 0.3) is 10.8 Å². The zero-order valence-electron chi connectivity index (χ0n) is 10.4. The largest absolute Gasteiger partial charge is 0.329 e. The van der Waals surface area contributed by atoms with Crippen LogP contribution in [-0.2, 0) is 4.79 Å². The van der Waals surface area contributed by atoms with E-state index in [1.165, 1.54) is 11.1 Å². The lowest BCUT2D eigenvalue weighted by atomic mass is 10.1. The molecule has 1 aromatic carbocycles. The van der Waals surface area contributed by atoms with Crippen molar-refractivity contribution in [2.75, 3.05) is 11.4 Å². The normalized spacial score (nSPS) is 15.3. The van der Waals surface area contributed by atoms with Crippen LogP contribution in [0.3, 0.4) is 0 Å². The summed E-state index contributed by atoms with van der Waals surface area (Å²) in [5.74, 6) is 0.0765. The molecule has 1 aromatic heterocycles. The quantitative estimate of drug-likeness (QED) is 0.818. The van der Waals surface area contributed by atoms with E-state index in [4.69, 9.17) is 0 Å². The van der Waals surface area contributed by atoms with Crippen molar-refractivity contribution in [1.29, 1.82) is 0 Å². The Labute approximate surface area is 113 Å². The van der Waals surface area contributed by atoms with E-state index in [0.29, 0.717) is 22.2 Å². The molecule has 2 aromatic rings. The van der Waals surface area contributed by atoms with E-state index in [9.17, 15) is 14.4 Å². The van der Waals surface area contributed by atoms with Crippen molar-refractivity contribution < 1.29 is 14.4 Å². The van der Waals surface area contributed by atoms with Crippen LogP contribution in [0.5, 0.6) is 0 Å². The Morgan fingerprint density at radius 2 is 2.15 bits per heavy atom. The number of aldehydes is 1. The van der Waals surface area contributed by atoms with E-state index in [-0.39, 0.29) is 18.9 Å². The minimum absolute atomic E-state index is 0.218. The smallest absolute Gasteiger partial charge is 0.298 e. The molecule has 0 saturated carbocycles. The minimum atomic E-state index is -0.512. The van der Waals surface area contributed by atoms with Gasteiger partial charge in [-0.25, -0.2) is 4.79 Å². The maximum Gasteiger partial charge on any atom is 0.329 e. The number of fused-ring (bicyclic) bond motifs is 1. The monoisotopic (exact) mass is 270 g/mol. The highest BCUT2D eigenvalue weighted by atomic mass is 16.2. The van der Waals surface area contributed by atoms with Crippen molar-refractivity contribution in [2.24, 2.45) is 0 Å². The second kappa shape index (κ2) is 4.69. The van der Waals surface area contributed by atoms with Gasteiger partial charge in [-0.15, -0.1) is 5.10 Å². The van der Waals surface area contributed by atoms with Crippen LogP contribution >= 0.6 is 0 Å². The third-order valence-electron chi connectivity index (χ3n) is 3.11. The summed E-state index contributed by atoms with van der Waals surface area (Å²) < 4.78 is 0. The van der Waals surface area contributed by atoms with Gasteiger partial charge in [0, 0.05) is 29.3 Å². The van der Waals surface area contributed by atoms with Gasteiger partial charge in [-0.1, -0.05) is 6.07 Å². The molecule has 1 aliphatic heterocycles. The number of urea groups is 1. The zero-order chi connectivity index (χ0) is 14.1. The van der Waals surface area contributed by atoms with Crippen LogP contribution in [0.1, 0.15) is 16.8 Å². The number of amides is 3. The Kier molecular flexibility index (Phi) is 2.86. The number of anilines is 1. The maximum absolute atomic E-state index is 11.8. The predicted octanol–water partition coefficient (Wildman–Crippen LogP) is 0.889. The summed E-state index contributed by atoms with van der Waals surface area (Å²) in [5, 5.41) is 11.5.